The van der Waals surface area contributed by atoms with Crippen LogP contribution in [-0.2, 0) is 0 Å². The zero-order chi connectivity index (χ0) is 27.6. The van der Waals surface area contributed by atoms with Gasteiger partial charge in [-0.1, -0.05) is 146 Å². The van der Waals surface area contributed by atoms with Gasteiger partial charge in [0.1, 0.15) is 0 Å². The highest BCUT2D eigenvalue weighted by Crippen LogP contribution is 2.45. The molecular formula is C41H34. The Morgan fingerprint density at radius 2 is 1.34 bits per heavy atom. The molecule has 0 spiro atoms. The predicted molar refractivity (Wildman–Crippen MR) is 179 cm³/mol. The summed E-state index contributed by atoms with van der Waals surface area (Å²) in [4.78, 5) is 0. The predicted octanol–water partition coefficient (Wildman–Crippen LogP) is 9.63. The van der Waals surface area contributed by atoms with Gasteiger partial charge in [-0.05, 0) is 97.0 Å². The Hall–Kier alpha value is -4.68. The van der Waals surface area contributed by atoms with Crippen LogP contribution < -0.4 is 10.4 Å². The maximum absolute atomic E-state index is 3.88. The van der Waals surface area contributed by atoms with Crippen LogP contribution in [-0.4, -0.2) is 0 Å². The van der Waals surface area contributed by atoms with Crippen molar-refractivity contribution in [2.24, 2.45) is 5.92 Å². The smallest absolute Gasteiger partial charge is 0.00203 e. The molecule has 0 fully saturated rings. The Labute approximate surface area is 242 Å². The Morgan fingerprint density at radius 1 is 0.683 bits per heavy atom. The lowest BCUT2D eigenvalue weighted by Gasteiger charge is -2.25. The van der Waals surface area contributed by atoms with Gasteiger partial charge in [-0.2, -0.15) is 0 Å². The SMILES string of the molecule is C=CC=CCC1C=C(c2ccccc2)C=C(c2c3ccccc3c(-c3cccc4c3=CCCC=4)c3ccccc23)C1. The van der Waals surface area contributed by atoms with Crippen molar-refractivity contribution in [1.82, 2.24) is 0 Å². The summed E-state index contributed by atoms with van der Waals surface area (Å²) in [7, 11) is 0. The Bertz CT molecular complexity index is 1940. The van der Waals surface area contributed by atoms with E-state index in [0.717, 1.165) is 25.7 Å². The van der Waals surface area contributed by atoms with Crippen LogP contribution in [0.4, 0.5) is 0 Å². The minimum absolute atomic E-state index is 0.421. The van der Waals surface area contributed by atoms with Gasteiger partial charge in [0, 0.05) is 0 Å². The highest BCUT2D eigenvalue weighted by molar-refractivity contribution is 6.19. The zero-order valence-corrected chi connectivity index (χ0v) is 23.4. The number of hydrogen-bond donors (Lipinski definition) is 0. The highest BCUT2D eigenvalue weighted by atomic mass is 14.3. The first-order chi connectivity index (χ1) is 20.3. The lowest BCUT2D eigenvalue weighted by molar-refractivity contribution is 0.682. The third kappa shape index (κ3) is 4.70. The van der Waals surface area contributed by atoms with E-state index in [1.165, 1.54) is 65.4 Å². The maximum atomic E-state index is 3.88. The van der Waals surface area contributed by atoms with E-state index >= 15 is 0 Å². The topological polar surface area (TPSA) is 0 Å². The van der Waals surface area contributed by atoms with Crippen LogP contribution >= 0.6 is 0 Å². The van der Waals surface area contributed by atoms with Crippen LogP contribution in [0.3, 0.4) is 0 Å². The molecule has 0 nitrogen and oxygen atoms in total. The first kappa shape index (κ1) is 25.3. The molecule has 1 atom stereocenters. The minimum Gasteiger partial charge on any atom is -0.0991 e. The summed E-state index contributed by atoms with van der Waals surface area (Å²) in [5.74, 6) is 0.421. The van der Waals surface area contributed by atoms with Gasteiger partial charge in [-0.15, -0.1) is 0 Å². The van der Waals surface area contributed by atoms with Crippen molar-refractivity contribution >= 4 is 44.8 Å². The molecule has 5 aromatic carbocycles. The molecule has 0 aliphatic heterocycles. The first-order valence-corrected chi connectivity index (χ1v) is 14.8. The van der Waals surface area contributed by atoms with Crippen LogP contribution in [0.15, 0.2) is 134 Å². The van der Waals surface area contributed by atoms with E-state index in [-0.39, 0.29) is 0 Å². The van der Waals surface area contributed by atoms with Gasteiger partial charge >= 0.3 is 0 Å². The van der Waals surface area contributed by atoms with Crippen molar-refractivity contribution in [3.63, 3.8) is 0 Å². The lowest BCUT2D eigenvalue weighted by Crippen LogP contribution is -2.28. The van der Waals surface area contributed by atoms with Crippen molar-refractivity contribution in [2.75, 3.05) is 0 Å². The average molecular weight is 527 g/mol. The van der Waals surface area contributed by atoms with Crippen molar-refractivity contribution in [3.8, 4) is 11.1 Å². The van der Waals surface area contributed by atoms with E-state index in [2.05, 4.69) is 140 Å². The van der Waals surface area contributed by atoms with E-state index in [1.807, 2.05) is 6.08 Å². The van der Waals surface area contributed by atoms with Crippen LogP contribution in [0.25, 0.3) is 56.0 Å². The molecule has 0 saturated carbocycles. The van der Waals surface area contributed by atoms with Crippen LogP contribution in [0, 0.1) is 5.92 Å². The van der Waals surface area contributed by atoms with Gasteiger partial charge in [-0.25, -0.2) is 0 Å². The van der Waals surface area contributed by atoms with E-state index in [4.69, 9.17) is 0 Å². The molecule has 0 radical (unpaired) electrons. The van der Waals surface area contributed by atoms with Crippen LogP contribution in [0.5, 0.6) is 0 Å². The summed E-state index contributed by atoms with van der Waals surface area (Å²) in [5, 5.41) is 8.05. The molecule has 5 aromatic rings. The van der Waals surface area contributed by atoms with E-state index in [9.17, 15) is 0 Å². The number of allylic oxidation sites excluding steroid dienone is 7. The molecule has 198 valence electrons. The third-order valence-corrected chi connectivity index (χ3v) is 8.59. The molecule has 0 saturated heterocycles. The first-order valence-electron chi connectivity index (χ1n) is 14.8. The molecule has 0 N–H and O–H groups in total. The fourth-order valence-corrected chi connectivity index (χ4v) is 6.81. The molecule has 2 aliphatic carbocycles. The van der Waals surface area contributed by atoms with E-state index < -0.39 is 0 Å². The summed E-state index contributed by atoms with van der Waals surface area (Å²) in [6.07, 6.45) is 20.2. The van der Waals surface area contributed by atoms with Gasteiger partial charge in [0.15, 0.2) is 0 Å². The van der Waals surface area contributed by atoms with Gasteiger partial charge in [0.2, 0.25) is 0 Å². The molecule has 0 bridgehead atoms. The molecular weight excluding hydrogens is 492 g/mol. The minimum atomic E-state index is 0.421. The fourth-order valence-electron chi connectivity index (χ4n) is 6.81. The molecule has 41 heavy (non-hydrogen) atoms. The molecule has 1 unspecified atom stereocenters. The summed E-state index contributed by atoms with van der Waals surface area (Å²) in [5.41, 5.74) is 8.06. The molecule has 0 heteroatoms. The van der Waals surface area contributed by atoms with E-state index in [0.29, 0.717) is 5.92 Å². The maximum Gasteiger partial charge on any atom is -0.00203 e. The second kappa shape index (κ2) is 11.1. The molecule has 7 rings (SSSR count). The Balaban J connectivity index is 1.51. The third-order valence-electron chi connectivity index (χ3n) is 8.59. The molecule has 0 aromatic heterocycles. The quantitative estimate of drug-likeness (QED) is 0.153. The average Bonchev–Trinajstić information content (AvgIpc) is 3.04. The molecule has 2 aliphatic rings. The largest absolute Gasteiger partial charge is 0.0991 e. The van der Waals surface area contributed by atoms with Crippen molar-refractivity contribution in [2.45, 2.75) is 25.7 Å². The van der Waals surface area contributed by atoms with Crippen LogP contribution in [0.2, 0.25) is 0 Å². The van der Waals surface area contributed by atoms with Crippen molar-refractivity contribution in [3.05, 3.63) is 156 Å². The summed E-state index contributed by atoms with van der Waals surface area (Å²) >= 11 is 0. The monoisotopic (exact) mass is 526 g/mol. The number of rotatable bonds is 6. The second-order valence-electron chi connectivity index (χ2n) is 11.2. The second-order valence-corrected chi connectivity index (χ2v) is 11.2. The zero-order valence-electron chi connectivity index (χ0n) is 23.4. The van der Waals surface area contributed by atoms with Crippen molar-refractivity contribution in [1.29, 1.82) is 0 Å². The van der Waals surface area contributed by atoms with Crippen molar-refractivity contribution < 1.29 is 0 Å². The number of benzene rings is 5. The summed E-state index contributed by atoms with van der Waals surface area (Å²) in [6.45, 7) is 3.88. The number of hydrogen-bond acceptors (Lipinski definition) is 0. The fraction of sp³-hybridized carbons (Fsp3) is 0.122. The van der Waals surface area contributed by atoms with Gasteiger partial charge in [0.05, 0.1) is 0 Å². The van der Waals surface area contributed by atoms with Gasteiger partial charge in [0.25, 0.3) is 0 Å². The van der Waals surface area contributed by atoms with Crippen LogP contribution in [0.1, 0.15) is 36.8 Å². The normalized spacial score (nSPS) is 16.5. The lowest BCUT2D eigenvalue weighted by atomic mass is 9.79. The standard InChI is InChI=1S/C41H34/c1-2-3-5-15-29-26-32(30-16-6-4-7-17-30)28-33(27-29)40-36-21-10-12-23-38(36)41(39-24-13-11-22-37(39)40)35-25-14-19-31-18-8-9-20-34(31)35/h2-7,10-14,16-26,28-29H,1,8-9,15,27H2. The summed E-state index contributed by atoms with van der Waals surface area (Å²) in [6, 6.07) is 35.8. The highest BCUT2D eigenvalue weighted by Gasteiger charge is 2.22. The Kier molecular flexibility index (Phi) is 6.83. The van der Waals surface area contributed by atoms with E-state index in [1.54, 1.807) is 0 Å². The summed E-state index contributed by atoms with van der Waals surface area (Å²) < 4.78 is 0. The molecule has 0 heterocycles. The number of fused-ring (bicyclic) bond motifs is 3. The van der Waals surface area contributed by atoms with Gasteiger partial charge < -0.3 is 0 Å². The Morgan fingerprint density at radius 3 is 2.05 bits per heavy atom. The molecule has 0 amide bonds. The van der Waals surface area contributed by atoms with Gasteiger partial charge in [-0.3, -0.25) is 0 Å².